The Bertz CT molecular complexity index is 294. The van der Waals surface area contributed by atoms with Crippen LogP contribution in [0.5, 0.6) is 0 Å². The predicted molar refractivity (Wildman–Crippen MR) is 58.4 cm³/mol. The van der Waals surface area contributed by atoms with Gasteiger partial charge in [-0.2, -0.15) is 0 Å². The number of rotatable bonds is 3. The van der Waals surface area contributed by atoms with E-state index in [1.165, 1.54) is 21.6 Å². The van der Waals surface area contributed by atoms with Gasteiger partial charge in [-0.25, -0.2) is 0 Å². The molecule has 0 aliphatic heterocycles. The maximum atomic E-state index is 5.13. The van der Waals surface area contributed by atoms with Crippen molar-refractivity contribution in [1.82, 2.24) is 0 Å². The van der Waals surface area contributed by atoms with Crippen LogP contribution < -0.4 is 0 Å². The summed E-state index contributed by atoms with van der Waals surface area (Å²) in [6.45, 7) is 5.03. The van der Waals surface area contributed by atoms with Gasteiger partial charge in [-0.3, -0.25) is 0 Å². The first kappa shape index (κ1) is 10.6. The van der Waals surface area contributed by atoms with Crippen LogP contribution in [0.2, 0.25) is 0 Å². The monoisotopic (exact) mass is 196 g/mol. The summed E-state index contributed by atoms with van der Waals surface area (Å²) in [5, 5.41) is 0. The van der Waals surface area contributed by atoms with Gasteiger partial charge in [0.1, 0.15) is 0 Å². The summed E-state index contributed by atoms with van der Waals surface area (Å²) in [5.41, 5.74) is 4.02. The molecule has 0 saturated carbocycles. The van der Waals surface area contributed by atoms with Gasteiger partial charge >= 0.3 is 0 Å². The molecule has 0 spiro atoms. The number of benzene rings is 1. The maximum Gasteiger partial charge on any atom is 0.0715 e. The molecule has 72 valence electrons. The molecule has 0 amide bonds. The summed E-state index contributed by atoms with van der Waals surface area (Å²) < 4.78 is 5.13. The van der Waals surface area contributed by atoms with E-state index in [-0.39, 0.29) is 0 Å². The zero-order chi connectivity index (χ0) is 9.84. The second kappa shape index (κ2) is 4.68. The molecule has 0 fully saturated rings. The van der Waals surface area contributed by atoms with Crippen molar-refractivity contribution >= 4 is 11.8 Å². The van der Waals surface area contributed by atoms with Crippen LogP contribution in [-0.4, -0.2) is 13.4 Å². The largest absolute Gasteiger partial charge is 0.380 e. The molecule has 0 atom stereocenters. The lowest BCUT2D eigenvalue weighted by Gasteiger charge is -2.11. The molecule has 1 nitrogen and oxygen atoms in total. The van der Waals surface area contributed by atoms with Crippen molar-refractivity contribution in [3.8, 4) is 0 Å². The minimum absolute atomic E-state index is 0.710. The van der Waals surface area contributed by atoms with E-state index in [0.29, 0.717) is 6.61 Å². The fraction of sp³-hybridized carbons (Fsp3) is 0.455. The normalized spacial score (nSPS) is 10.5. The van der Waals surface area contributed by atoms with Gasteiger partial charge in [0.15, 0.2) is 0 Å². The molecule has 0 aromatic heterocycles. The highest BCUT2D eigenvalue weighted by Gasteiger charge is 2.04. The van der Waals surface area contributed by atoms with Crippen LogP contribution in [0.3, 0.4) is 0 Å². The lowest BCUT2D eigenvalue weighted by Crippen LogP contribution is -1.95. The summed E-state index contributed by atoms with van der Waals surface area (Å²) >= 11 is 1.80. The van der Waals surface area contributed by atoms with Crippen molar-refractivity contribution in [3.63, 3.8) is 0 Å². The third-order valence-corrected chi connectivity index (χ3v) is 3.25. The van der Waals surface area contributed by atoms with E-state index >= 15 is 0 Å². The standard InChI is InChI=1S/C11H16OS/c1-8-9(2)11(13-4)6-5-10(8)7-12-3/h5-6H,7H2,1-4H3. The number of hydrogen-bond acceptors (Lipinski definition) is 2. The van der Waals surface area contributed by atoms with Crippen molar-refractivity contribution < 1.29 is 4.74 Å². The van der Waals surface area contributed by atoms with Crippen LogP contribution in [0.15, 0.2) is 17.0 Å². The molecule has 1 aromatic carbocycles. The van der Waals surface area contributed by atoms with Crippen molar-refractivity contribution in [2.24, 2.45) is 0 Å². The summed E-state index contributed by atoms with van der Waals surface area (Å²) in [6, 6.07) is 4.32. The highest BCUT2D eigenvalue weighted by Crippen LogP contribution is 2.25. The molecular weight excluding hydrogens is 180 g/mol. The maximum absolute atomic E-state index is 5.13. The second-order valence-corrected chi connectivity index (χ2v) is 3.96. The third kappa shape index (κ3) is 2.26. The Kier molecular flexibility index (Phi) is 3.82. The molecule has 13 heavy (non-hydrogen) atoms. The molecule has 0 N–H and O–H groups in total. The van der Waals surface area contributed by atoms with Crippen LogP contribution in [0, 0.1) is 13.8 Å². The summed E-state index contributed by atoms with van der Waals surface area (Å²) in [6.07, 6.45) is 2.11. The number of hydrogen-bond donors (Lipinski definition) is 0. The molecule has 0 heterocycles. The summed E-state index contributed by atoms with van der Waals surface area (Å²) in [7, 11) is 1.73. The molecule has 0 aliphatic rings. The van der Waals surface area contributed by atoms with Gasteiger partial charge in [-0.15, -0.1) is 11.8 Å². The first-order valence-corrected chi connectivity index (χ1v) is 5.55. The first-order chi connectivity index (χ1) is 6.20. The summed E-state index contributed by atoms with van der Waals surface area (Å²) in [4.78, 5) is 1.36. The van der Waals surface area contributed by atoms with Crippen molar-refractivity contribution in [1.29, 1.82) is 0 Å². The van der Waals surface area contributed by atoms with Gasteiger partial charge in [-0.1, -0.05) is 6.07 Å². The topological polar surface area (TPSA) is 9.23 Å². The second-order valence-electron chi connectivity index (χ2n) is 3.11. The smallest absolute Gasteiger partial charge is 0.0715 e. The van der Waals surface area contributed by atoms with Gasteiger partial charge in [0, 0.05) is 12.0 Å². The molecule has 0 unspecified atom stereocenters. The number of ether oxygens (including phenoxy) is 1. The molecule has 0 bridgehead atoms. The van der Waals surface area contributed by atoms with Crippen LogP contribution in [0.25, 0.3) is 0 Å². The quantitative estimate of drug-likeness (QED) is 0.687. The van der Waals surface area contributed by atoms with E-state index in [1.54, 1.807) is 18.9 Å². The Morgan fingerprint density at radius 1 is 1.23 bits per heavy atom. The molecule has 1 rings (SSSR count). The fourth-order valence-electron chi connectivity index (χ4n) is 1.38. The van der Waals surface area contributed by atoms with Gasteiger partial charge in [-0.05, 0) is 42.9 Å². The van der Waals surface area contributed by atoms with E-state index in [0.717, 1.165) is 0 Å². The fourth-order valence-corrected chi connectivity index (χ4v) is 2.05. The average Bonchev–Trinajstić information content (AvgIpc) is 2.14. The SMILES string of the molecule is COCc1ccc(SC)c(C)c1C. The molecule has 1 aromatic rings. The first-order valence-electron chi connectivity index (χ1n) is 4.32. The van der Waals surface area contributed by atoms with Gasteiger partial charge < -0.3 is 4.74 Å². The highest BCUT2D eigenvalue weighted by molar-refractivity contribution is 7.98. The van der Waals surface area contributed by atoms with Crippen LogP contribution in [0.1, 0.15) is 16.7 Å². The number of thioether (sulfide) groups is 1. The van der Waals surface area contributed by atoms with Crippen LogP contribution >= 0.6 is 11.8 Å². The van der Waals surface area contributed by atoms with E-state index in [9.17, 15) is 0 Å². The van der Waals surface area contributed by atoms with Gasteiger partial charge in [0.25, 0.3) is 0 Å². The molecule has 0 aliphatic carbocycles. The lowest BCUT2D eigenvalue weighted by molar-refractivity contribution is 0.184. The van der Waals surface area contributed by atoms with Gasteiger partial charge in [0.2, 0.25) is 0 Å². The molecule has 0 saturated heterocycles. The minimum Gasteiger partial charge on any atom is -0.380 e. The Morgan fingerprint density at radius 2 is 1.92 bits per heavy atom. The lowest BCUT2D eigenvalue weighted by atomic mass is 10.0. The summed E-state index contributed by atoms with van der Waals surface area (Å²) in [5.74, 6) is 0. The van der Waals surface area contributed by atoms with E-state index < -0.39 is 0 Å². The van der Waals surface area contributed by atoms with Crippen molar-refractivity contribution in [3.05, 3.63) is 28.8 Å². The third-order valence-electron chi connectivity index (χ3n) is 2.37. The Hall–Kier alpha value is -0.470. The molecule has 2 heteroatoms. The zero-order valence-corrected chi connectivity index (χ0v) is 9.49. The average molecular weight is 196 g/mol. The predicted octanol–water partition coefficient (Wildman–Crippen LogP) is 3.17. The van der Waals surface area contributed by atoms with E-state index in [2.05, 4.69) is 32.2 Å². The van der Waals surface area contributed by atoms with Gasteiger partial charge in [0.05, 0.1) is 6.61 Å². The minimum atomic E-state index is 0.710. The van der Waals surface area contributed by atoms with Crippen molar-refractivity contribution in [2.75, 3.05) is 13.4 Å². The van der Waals surface area contributed by atoms with Crippen LogP contribution in [-0.2, 0) is 11.3 Å². The van der Waals surface area contributed by atoms with E-state index in [1.807, 2.05) is 0 Å². The van der Waals surface area contributed by atoms with Crippen LogP contribution in [0.4, 0.5) is 0 Å². The number of methoxy groups -OCH3 is 1. The Labute approximate surface area is 84.5 Å². The zero-order valence-electron chi connectivity index (χ0n) is 8.68. The van der Waals surface area contributed by atoms with Crippen molar-refractivity contribution in [2.45, 2.75) is 25.3 Å². The molecule has 0 radical (unpaired) electrons. The van der Waals surface area contributed by atoms with E-state index in [4.69, 9.17) is 4.74 Å². The highest BCUT2D eigenvalue weighted by atomic mass is 32.2. The Balaban J connectivity index is 3.07. The Morgan fingerprint density at radius 3 is 2.46 bits per heavy atom. The molecular formula is C11H16OS.